The molecule has 0 bridgehead atoms. The van der Waals surface area contributed by atoms with Gasteiger partial charge in [0.15, 0.2) is 0 Å². The first-order chi connectivity index (χ1) is 8.97. The fraction of sp³-hybridized carbons (Fsp3) is 0.100. The molecule has 0 atom stereocenters. The van der Waals surface area contributed by atoms with Gasteiger partial charge < -0.3 is 10.2 Å². The molecule has 2 aromatic rings. The van der Waals surface area contributed by atoms with Crippen LogP contribution in [0.25, 0.3) is 0 Å². The van der Waals surface area contributed by atoms with Gasteiger partial charge in [0.05, 0.1) is 10.6 Å². The summed E-state index contributed by atoms with van der Waals surface area (Å²) >= 11 is 0. The standard InChI is InChI=1S/C10H9N5O4/c1-5-4-19-10(13-5)14-9(16)6-2-8(11)12-3-7(6)15(17)18/h2-4H,1H3,(H2,11,12)(H,13,14,16). The second-order valence-electron chi connectivity index (χ2n) is 3.63. The van der Waals surface area contributed by atoms with E-state index in [4.69, 9.17) is 10.2 Å². The van der Waals surface area contributed by atoms with Crippen molar-refractivity contribution in [2.75, 3.05) is 11.1 Å². The highest BCUT2D eigenvalue weighted by molar-refractivity contribution is 6.06. The summed E-state index contributed by atoms with van der Waals surface area (Å²) < 4.78 is 4.93. The summed E-state index contributed by atoms with van der Waals surface area (Å²) in [5.74, 6) is -0.748. The van der Waals surface area contributed by atoms with Gasteiger partial charge in [-0.2, -0.15) is 4.98 Å². The number of anilines is 2. The number of nitrogen functional groups attached to an aromatic ring is 1. The minimum Gasteiger partial charge on any atom is -0.432 e. The lowest BCUT2D eigenvalue weighted by Gasteiger charge is -2.02. The number of carbonyl (C=O) groups excluding carboxylic acids is 1. The Morgan fingerprint density at radius 2 is 2.32 bits per heavy atom. The van der Waals surface area contributed by atoms with Crippen molar-refractivity contribution in [2.24, 2.45) is 0 Å². The molecule has 2 aromatic heterocycles. The third-order valence-electron chi connectivity index (χ3n) is 2.18. The SMILES string of the molecule is Cc1coc(NC(=O)c2cc(N)ncc2[N+](=O)[O-])n1. The minimum absolute atomic E-state index is 0.000616. The van der Waals surface area contributed by atoms with Crippen LogP contribution < -0.4 is 11.1 Å². The number of oxazole rings is 1. The number of pyridine rings is 1. The van der Waals surface area contributed by atoms with E-state index in [-0.39, 0.29) is 17.4 Å². The molecule has 2 rings (SSSR count). The van der Waals surface area contributed by atoms with Crippen molar-refractivity contribution in [1.29, 1.82) is 0 Å². The van der Waals surface area contributed by atoms with Crippen molar-refractivity contribution in [3.8, 4) is 0 Å². The van der Waals surface area contributed by atoms with Crippen LogP contribution in [0.15, 0.2) is 22.9 Å². The first kappa shape index (κ1) is 12.5. The quantitative estimate of drug-likeness (QED) is 0.625. The van der Waals surface area contributed by atoms with Gasteiger partial charge in [-0.25, -0.2) is 4.98 Å². The van der Waals surface area contributed by atoms with E-state index in [9.17, 15) is 14.9 Å². The molecule has 0 spiro atoms. The maximum atomic E-state index is 11.9. The van der Waals surface area contributed by atoms with Crippen LogP contribution >= 0.6 is 0 Å². The number of nitrogens with zero attached hydrogens (tertiary/aromatic N) is 3. The zero-order chi connectivity index (χ0) is 14.0. The Labute approximate surface area is 106 Å². The Bertz CT molecular complexity index is 651. The van der Waals surface area contributed by atoms with Crippen LogP contribution in [0, 0.1) is 17.0 Å². The van der Waals surface area contributed by atoms with Crippen LogP contribution in [0.3, 0.4) is 0 Å². The average molecular weight is 263 g/mol. The number of rotatable bonds is 3. The average Bonchev–Trinajstić information content (AvgIpc) is 2.74. The first-order valence-corrected chi connectivity index (χ1v) is 5.11. The molecule has 0 aromatic carbocycles. The summed E-state index contributed by atoms with van der Waals surface area (Å²) in [5, 5.41) is 13.1. The van der Waals surface area contributed by atoms with E-state index in [1.807, 2.05) is 0 Å². The molecule has 0 saturated heterocycles. The smallest absolute Gasteiger partial charge is 0.301 e. The summed E-state index contributed by atoms with van der Waals surface area (Å²) in [6.45, 7) is 1.67. The minimum atomic E-state index is -0.748. The molecule has 9 nitrogen and oxygen atoms in total. The summed E-state index contributed by atoms with van der Waals surface area (Å²) in [5.41, 5.74) is 5.32. The van der Waals surface area contributed by atoms with Gasteiger partial charge in [0, 0.05) is 0 Å². The molecular formula is C10H9N5O4. The van der Waals surface area contributed by atoms with Crippen LogP contribution in [0.4, 0.5) is 17.5 Å². The zero-order valence-corrected chi connectivity index (χ0v) is 9.78. The Morgan fingerprint density at radius 3 is 2.89 bits per heavy atom. The predicted octanol–water partition coefficient (Wildman–Crippen LogP) is 1.12. The number of amides is 1. The molecule has 3 N–H and O–H groups in total. The van der Waals surface area contributed by atoms with Crippen LogP contribution in [-0.4, -0.2) is 20.8 Å². The van der Waals surface area contributed by atoms with Crippen molar-refractivity contribution in [2.45, 2.75) is 6.92 Å². The molecule has 0 aliphatic heterocycles. The molecule has 0 radical (unpaired) electrons. The van der Waals surface area contributed by atoms with Gasteiger partial charge in [-0.15, -0.1) is 0 Å². The highest BCUT2D eigenvalue weighted by Crippen LogP contribution is 2.20. The Kier molecular flexibility index (Phi) is 3.10. The number of hydrogen-bond donors (Lipinski definition) is 2. The molecular weight excluding hydrogens is 254 g/mol. The summed E-state index contributed by atoms with van der Waals surface area (Å²) in [4.78, 5) is 29.4. The fourth-order valence-electron chi connectivity index (χ4n) is 1.37. The first-order valence-electron chi connectivity index (χ1n) is 5.11. The molecule has 0 unspecified atom stereocenters. The van der Waals surface area contributed by atoms with E-state index in [0.717, 1.165) is 12.3 Å². The van der Waals surface area contributed by atoms with Crippen LogP contribution in [0.2, 0.25) is 0 Å². The third kappa shape index (κ3) is 2.65. The van der Waals surface area contributed by atoms with Gasteiger partial charge in [0.2, 0.25) is 0 Å². The highest BCUT2D eigenvalue weighted by atomic mass is 16.6. The van der Waals surface area contributed by atoms with Crippen molar-refractivity contribution in [1.82, 2.24) is 9.97 Å². The van der Waals surface area contributed by atoms with Gasteiger partial charge in [-0.05, 0) is 13.0 Å². The van der Waals surface area contributed by atoms with E-state index in [2.05, 4.69) is 15.3 Å². The van der Waals surface area contributed by atoms with Gasteiger partial charge in [0.25, 0.3) is 11.6 Å². The lowest BCUT2D eigenvalue weighted by molar-refractivity contribution is -0.385. The molecule has 2 heterocycles. The number of nitro groups is 1. The molecule has 0 aliphatic carbocycles. The Hall–Kier alpha value is -2.97. The molecule has 9 heteroatoms. The van der Waals surface area contributed by atoms with E-state index < -0.39 is 16.5 Å². The monoisotopic (exact) mass is 263 g/mol. The molecule has 0 aliphatic rings. The molecule has 0 saturated carbocycles. The topological polar surface area (TPSA) is 137 Å². The largest absolute Gasteiger partial charge is 0.432 e. The van der Waals surface area contributed by atoms with E-state index in [1.165, 1.54) is 6.26 Å². The Balaban J connectivity index is 2.32. The number of aromatic nitrogens is 2. The maximum absolute atomic E-state index is 11.9. The second-order valence-corrected chi connectivity index (χ2v) is 3.63. The predicted molar refractivity (Wildman–Crippen MR) is 64.5 cm³/mol. The number of nitrogens with one attached hydrogen (secondary N) is 1. The normalized spacial score (nSPS) is 10.2. The fourth-order valence-corrected chi connectivity index (χ4v) is 1.37. The van der Waals surface area contributed by atoms with E-state index in [1.54, 1.807) is 6.92 Å². The zero-order valence-electron chi connectivity index (χ0n) is 9.78. The molecule has 98 valence electrons. The lowest BCUT2D eigenvalue weighted by atomic mass is 10.2. The molecule has 19 heavy (non-hydrogen) atoms. The third-order valence-corrected chi connectivity index (χ3v) is 2.18. The summed E-state index contributed by atoms with van der Waals surface area (Å²) in [7, 11) is 0. The number of nitrogens with two attached hydrogens (primary N) is 1. The van der Waals surface area contributed by atoms with E-state index >= 15 is 0 Å². The van der Waals surface area contributed by atoms with Gasteiger partial charge in [0.1, 0.15) is 23.8 Å². The van der Waals surface area contributed by atoms with Crippen LogP contribution in [0.1, 0.15) is 16.1 Å². The summed E-state index contributed by atoms with van der Waals surface area (Å²) in [6.07, 6.45) is 2.26. The van der Waals surface area contributed by atoms with Crippen molar-refractivity contribution < 1.29 is 14.1 Å². The van der Waals surface area contributed by atoms with Gasteiger partial charge >= 0.3 is 6.01 Å². The Morgan fingerprint density at radius 1 is 1.58 bits per heavy atom. The number of carbonyl (C=O) groups is 1. The van der Waals surface area contributed by atoms with Gasteiger partial charge in [-0.3, -0.25) is 20.2 Å². The van der Waals surface area contributed by atoms with Crippen LogP contribution in [-0.2, 0) is 0 Å². The van der Waals surface area contributed by atoms with Crippen LogP contribution in [0.5, 0.6) is 0 Å². The van der Waals surface area contributed by atoms with Crippen molar-refractivity contribution in [3.63, 3.8) is 0 Å². The molecule has 1 amide bonds. The summed E-state index contributed by atoms with van der Waals surface area (Å²) in [6, 6.07) is 1.07. The highest BCUT2D eigenvalue weighted by Gasteiger charge is 2.22. The van der Waals surface area contributed by atoms with Crippen molar-refractivity contribution in [3.05, 3.63) is 39.9 Å². The lowest BCUT2D eigenvalue weighted by Crippen LogP contribution is -2.15. The second kappa shape index (κ2) is 4.72. The number of hydrogen-bond acceptors (Lipinski definition) is 7. The van der Waals surface area contributed by atoms with Crippen molar-refractivity contribution >= 4 is 23.4 Å². The molecule has 0 fully saturated rings. The maximum Gasteiger partial charge on any atom is 0.301 e. The number of aryl methyl sites for hydroxylation is 1. The van der Waals surface area contributed by atoms with E-state index in [0.29, 0.717) is 5.69 Å². The van der Waals surface area contributed by atoms with Gasteiger partial charge in [-0.1, -0.05) is 0 Å².